The van der Waals surface area contributed by atoms with E-state index in [4.69, 9.17) is 5.11 Å². The van der Waals surface area contributed by atoms with Gasteiger partial charge in [-0.3, -0.25) is 4.79 Å². The monoisotopic (exact) mass is 291 g/mol. The lowest BCUT2D eigenvalue weighted by Crippen LogP contribution is -2.54. The maximum Gasteiger partial charge on any atom is 0.232 e. The van der Waals surface area contributed by atoms with Crippen molar-refractivity contribution in [3.63, 3.8) is 0 Å². The number of thioether (sulfide) groups is 1. The van der Waals surface area contributed by atoms with E-state index in [-0.39, 0.29) is 12.0 Å². The standard InChI is InChI=1S/C14H17N3O2S/c1-10-2-3-13-15-11(5-16(13)4-10)8-20-9-14(19)17-6-12(18)7-17/h2-5,12,18H,6-9H2,1H3. The number of carbonyl (C=O) groups excluding carboxylic acids is 1. The van der Waals surface area contributed by atoms with Gasteiger partial charge in [0.2, 0.25) is 5.91 Å². The molecule has 0 saturated carbocycles. The number of hydrogen-bond acceptors (Lipinski definition) is 4. The summed E-state index contributed by atoms with van der Waals surface area (Å²) in [6.45, 7) is 3.01. The Bertz CT molecular complexity index is 634. The van der Waals surface area contributed by atoms with Gasteiger partial charge in [0.25, 0.3) is 0 Å². The molecule has 1 amide bonds. The normalized spacial score (nSPS) is 15.6. The summed E-state index contributed by atoms with van der Waals surface area (Å²) in [6.07, 6.45) is 3.72. The molecule has 0 bridgehead atoms. The Hall–Kier alpha value is -1.53. The zero-order valence-electron chi connectivity index (χ0n) is 11.3. The van der Waals surface area contributed by atoms with Gasteiger partial charge in [-0.25, -0.2) is 4.98 Å². The third kappa shape index (κ3) is 2.81. The van der Waals surface area contributed by atoms with Crippen LogP contribution in [0.5, 0.6) is 0 Å². The molecule has 0 spiro atoms. The molecular formula is C14H17N3O2S. The minimum Gasteiger partial charge on any atom is -0.389 e. The molecule has 3 rings (SSSR count). The van der Waals surface area contributed by atoms with E-state index >= 15 is 0 Å². The number of carbonyl (C=O) groups is 1. The third-order valence-corrected chi connectivity index (χ3v) is 4.29. The van der Waals surface area contributed by atoms with Crippen LogP contribution in [0.4, 0.5) is 0 Å². The highest BCUT2D eigenvalue weighted by molar-refractivity contribution is 7.99. The molecule has 2 aromatic heterocycles. The predicted molar refractivity (Wildman–Crippen MR) is 78.7 cm³/mol. The number of likely N-dealkylation sites (tertiary alicyclic amines) is 1. The van der Waals surface area contributed by atoms with E-state index in [1.807, 2.05) is 35.9 Å². The van der Waals surface area contributed by atoms with Gasteiger partial charge in [-0.2, -0.15) is 0 Å². The first-order valence-corrected chi connectivity index (χ1v) is 7.75. The number of aryl methyl sites for hydroxylation is 1. The number of nitrogens with zero attached hydrogens (tertiary/aromatic N) is 3. The van der Waals surface area contributed by atoms with Gasteiger partial charge in [0.15, 0.2) is 0 Å². The fraction of sp³-hybridized carbons (Fsp3) is 0.429. The summed E-state index contributed by atoms with van der Waals surface area (Å²) in [7, 11) is 0. The average molecular weight is 291 g/mol. The largest absolute Gasteiger partial charge is 0.389 e. The molecule has 20 heavy (non-hydrogen) atoms. The van der Waals surface area contributed by atoms with Crippen molar-refractivity contribution in [3.05, 3.63) is 35.8 Å². The molecular weight excluding hydrogens is 274 g/mol. The number of β-amino-alcohol motifs (C(OH)–C–C–N with tert-alkyl or cyclic N) is 1. The third-order valence-electron chi connectivity index (χ3n) is 3.34. The van der Waals surface area contributed by atoms with Gasteiger partial charge in [0.05, 0.1) is 17.6 Å². The van der Waals surface area contributed by atoms with Crippen LogP contribution in [-0.2, 0) is 10.5 Å². The van der Waals surface area contributed by atoms with Crippen LogP contribution in [0.1, 0.15) is 11.3 Å². The molecule has 0 radical (unpaired) electrons. The minimum absolute atomic E-state index is 0.0971. The lowest BCUT2D eigenvalue weighted by molar-refractivity contribution is -0.138. The molecule has 1 aliphatic heterocycles. The maximum atomic E-state index is 11.7. The first-order chi connectivity index (χ1) is 9.61. The summed E-state index contributed by atoms with van der Waals surface area (Å²) in [6, 6.07) is 4.04. The topological polar surface area (TPSA) is 57.8 Å². The highest BCUT2D eigenvalue weighted by Crippen LogP contribution is 2.16. The van der Waals surface area contributed by atoms with Crippen LogP contribution in [0.3, 0.4) is 0 Å². The Morgan fingerprint density at radius 1 is 1.45 bits per heavy atom. The van der Waals surface area contributed by atoms with Crippen molar-refractivity contribution < 1.29 is 9.90 Å². The first-order valence-electron chi connectivity index (χ1n) is 6.59. The number of amides is 1. The van der Waals surface area contributed by atoms with E-state index in [0.29, 0.717) is 18.8 Å². The Morgan fingerprint density at radius 2 is 2.25 bits per heavy atom. The lowest BCUT2D eigenvalue weighted by Gasteiger charge is -2.35. The maximum absolute atomic E-state index is 11.7. The molecule has 0 unspecified atom stereocenters. The van der Waals surface area contributed by atoms with E-state index in [1.54, 1.807) is 16.7 Å². The van der Waals surface area contributed by atoms with Gasteiger partial charge in [0.1, 0.15) is 5.65 Å². The first kappa shape index (κ1) is 13.5. The van der Waals surface area contributed by atoms with Gasteiger partial charge >= 0.3 is 0 Å². The van der Waals surface area contributed by atoms with Crippen molar-refractivity contribution in [2.75, 3.05) is 18.8 Å². The zero-order valence-corrected chi connectivity index (χ0v) is 12.1. The van der Waals surface area contributed by atoms with Gasteiger partial charge < -0.3 is 14.4 Å². The van der Waals surface area contributed by atoms with Crippen molar-refractivity contribution in [1.29, 1.82) is 0 Å². The quantitative estimate of drug-likeness (QED) is 0.916. The molecule has 5 nitrogen and oxygen atoms in total. The number of pyridine rings is 1. The van der Waals surface area contributed by atoms with E-state index in [0.717, 1.165) is 17.1 Å². The SMILES string of the molecule is Cc1ccc2nc(CSCC(=O)N3CC(O)C3)cn2c1. The van der Waals surface area contributed by atoms with Crippen LogP contribution >= 0.6 is 11.8 Å². The van der Waals surface area contributed by atoms with Crippen molar-refractivity contribution in [3.8, 4) is 0 Å². The molecule has 1 aliphatic rings. The van der Waals surface area contributed by atoms with Crippen LogP contribution < -0.4 is 0 Å². The van der Waals surface area contributed by atoms with Gasteiger partial charge in [-0.1, -0.05) is 6.07 Å². The average Bonchev–Trinajstić information content (AvgIpc) is 2.76. The van der Waals surface area contributed by atoms with Gasteiger partial charge in [-0.05, 0) is 18.6 Å². The molecule has 1 saturated heterocycles. The smallest absolute Gasteiger partial charge is 0.232 e. The summed E-state index contributed by atoms with van der Waals surface area (Å²) in [5.74, 6) is 1.27. The molecule has 1 fully saturated rings. The summed E-state index contributed by atoms with van der Waals surface area (Å²) < 4.78 is 2.01. The number of fused-ring (bicyclic) bond motifs is 1. The zero-order chi connectivity index (χ0) is 14.1. The number of aliphatic hydroxyl groups is 1. The van der Waals surface area contributed by atoms with Crippen LogP contribution in [0.2, 0.25) is 0 Å². The molecule has 106 valence electrons. The van der Waals surface area contributed by atoms with E-state index in [9.17, 15) is 4.79 Å². The van der Waals surface area contributed by atoms with Crippen molar-refractivity contribution >= 4 is 23.3 Å². The van der Waals surface area contributed by atoms with Crippen molar-refractivity contribution in [1.82, 2.24) is 14.3 Å². The van der Waals surface area contributed by atoms with Crippen LogP contribution in [0, 0.1) is 6.92 Å². The highest BCUT2D eigenvalue weighted by atomic mass is 32.2. The molecule has 2 aromatic rings. The Morgan fingerprint density at radius 3 is 3.00 bits per heavy atom. The number of aromatic nitrogens is 2. The number of rotatable bonds is 4. The van der Waals surface area contributed by atoms with Crippen LogP contribution in [-0.4, -0.2) is 50.2 Å². The number of imidazole rings is 1. The highest BCUT2D eigenvalue weighted by Gasteiger charge is 2.28. The fourth-order valence-corrected chi connectivity index (χ4v) is 3.03. The van der Waals surface area contributed by atoms with E-state index in [1.165, 1.54) is 5.56 Å². The Kier molecular flexibility index (Phi) is 3.67. The van der Waals surface area contributed by atoms with Crippen molar-refractivity contribution in [2.45, 2.75) is 18.8 Å². The second-order valence-corrected chi connectivity index (χ2v) is 6.14. The molecule has 0 atom stereocenters. The lowest BCUT2D eigenvalue weighted by atomic mass is 10.2. The van der Waals surface area contributed by atoms with Crippen LogP contribution in [0.25, 0.3) is 5.65 Å². The fourth-order valence-electron chi connectivity index (χ4n) is 2.22. The molecule has 0 aromatic carbocycles. The van der Waals surface area contributed by atoms with E-state index in [2.05, 4.69) is 4.98 Å². The van der Waals surface area contributed by atoms with Crippen molar-refractivity contribution in [2.24, 2.45) is 0 Å². The van der Waals surface area contributed by atoms with E-state index < -0.39 is 0 Å². The summed E-state index contributed by atoms with van der Waals surface area (Å²) in [4.78, 5) is 18.0. The number of aliphatic hydroxyl groups excluding tert-OH is 1. The minimum atomic E-state index is -0.328. The second-order valence-electron chi connectivity index (χ2n) is 5.15. The Balaban J connectivity index is 1.53. The Labute approximate surface area is 121 Å². The number of hydrogen-bond donors (Lipinski definition) is 1. The summed E-state index contributed by atoms with van der Waals surface area (Å²) in [5.41, 5.74) is 3.11. The second kappa shape index (κ2) is 5.46. The molecule has 0 aliphatic carbocycles. The molecule has 1 N–H and O–H groups in total. The summed E-state index contributed by atoms with van der Waals surface area (Å²) in [5, 5.41) is 9.16. The molecule has 3 heterocycles. The molecule has 6 heteroatoms. The van der Waals surface area contributed by atoms with Gasteiger partial charge in [0, 0.05) is 31.2 Å². The summed E-state index contributed by atoms with van der Waals surface area (Å²) >= 11 is 1.56. The van der Waals surface area contributed by atoms with Gasteiger partial charge in [-0.15, -0.1) is 11.8 Å². The van der Waals surface area contributed by atoms with Crippen LogP contribution in [0.15, 0.2) is 24.5 Å². The predicted octanol–water partition coefficient (Wildman–Crippen LogP) is 1.08.